The smallest absolute Gasteiger partial charge is 0.275 e. The Hall–Kier alpha value is -3.07. The topological polar surface area (TPSA) is 101 Å². The number of aromatic nitrogens is 1. The summed E-state index contributed by atoms with van der Waals surface area (Å²) in [4.78, 5) is 40.1. The molecule has 178 valence electrons. The summed E-state index contributed by atoms with van der Waals surface area (Å²) in [5.74, 6) is -1.40. The van der Waals surface area contributed by atoms with Gasteiger partial charge in [0.2, 0.25) is 5.43 Å². The van der Waals surface area contributed by atoms with E-state index in [2.05, 4.69) is 11.2 Å². The minimum absolute atomic E-state index is 0.105. The number of terminal acetylenes is 1. The number of nitrogens with zero attached hydrogens (tertiary/aromatic N) is 2. The molecule has 1 saturated heterocycles. The van der Waals surface area contributed by atoms with Gasteiger partial charge in [0, 0.05) is 30.6 Å². The number of benzene rings is 1. The lowest BCUT2D eigenvalue weighted by molar-refractivity contribution is 0.0592. The van der Waals surface area contributed by atoms with E-state index < -0.39 is 63.8 Å². The van der Waals surface area contributed by atoms with Crippen molar-refractivity contribution in [3.05, 3.63) is 62.0 Å². The van der Waals surface area contributed by atoms with E-state index in [0.717, 1.165) is 18.3 Å². The molecule has 1 aromatic carbocycles. The van der Waals surface area contributed by atoms with Crippen LogP contribution in [0.5, 0.6) is 5.75 Å². The highest BCUT2D eigenvalue weighted by molar-refractivity contribution is 7.94. The van der Waals surface area contributed by atoms with Crippen LogP contribution in [0.15, 0.2) is 23.1 Å². The van der Waals surface area contributed by atoms with E-state index in [4.69, 9.17) is 22.2 Å². The van der Waals surface area contributed by atoms with Crippen LogP contribution in [0.3, 0.4) is 0 Å². The van der Waals surface area contributed by atoms with Gasteiger partial charge in [-0.1, -0.05) is 23.6 Å². The third kappa shape index (κ3) is 4.13. The molecule has 0 aliphatic carbocycles. The number of rotatable bonds is 3. The number of carbonyl (C=O) groups excluding carboxylic acids is 2. The largest absolute Gasteiger partial charge is 0.503 e. The van der Waals surface area contributed by atoms with E-state index in [1.54, 1.807) is 0 Å². The zero-order valence-corrected chi connectivity index (χ0v) is 19.1. The zero-order chi connectivity index (χ0) is 24.6. The van der Waals surface area contributed by atoms with Gasteiger partial charge in [-0.2, -0.15) is 0 Å². The molecule has 4 rings (SSSR count). The molecule has 2 amide bonds. The summed E-state index contributed by atoms with van der Waals surface area (Å²) < 4.78 is 34.3. The molecule has 34 heavy (non-hydrogen) atoms. The first-order chi connectivity index (χ1) is 16.3. The molecular formula is C22H18ClF2N3O5S. The maximum absolute atomic E-state index is 14.2. The summed E-state index contributed by atoms with van der Waals surface area (Å²) in [5, 5.41) is 12.3. The molecule has 2 atom stereocenters. The summed E-state index contributed by atoms with van der Waals surface area (Å²) in [6.45, 7) is 0.130. The fourth-order valence-electron chi connectivity index (χ4n) is 4.01. The maximum Gasteiger partial charge on any atom is 0.275 e. The SMILES string of the molecule is C#C[C@H]1[C@@H]2CCOSCCN1C(=O)c1c(O)c(=O)c(C(=O)NCc3ccc(F)c(Cl)c3F)cn12. The van der Waals surface area contributed by atoms with Gasteiger partial charge in [-0.3, -0.25) is 14.4 Å². The van der Waals surface area contributed by atoms with Crippen molar-refractivity contribution < 1.29 is 27.7 Å². The number of hydrogen-bond donors (Lipinski definition) is 2. The Morgan fingerprint density at radius 3 is 2.88 bits per heavy atom. The number of amides is 2. The number of fused-ring (bicyclic) bond motifs is 4. The molecular weight excluding hydrogens is 492 g/mol. The standard InChI is InChI=1S/C22H18ClF2N3O5S/c1-2-14-15-5-7-33-34-8-6-27(14)22(32)18-20(30)19(29)12(10-28(15)18)21(31)26-9-11-3-4-13(24)16(23)17(11)25/h1,3-4,10,14-15,30H,5-9H2,(H,26,31)/t14-,15-/m0/s1. The first-order valence-corrected chi connectivity index (χ1v) is 11.4. The van der Waals surface area contributed by atoms with Gasteiger partial charge in [-0.15, -0.1) is 6.42 Å². The normalized spacial score (nSPS) is 19.9. The summed E-state index contributed by atoms with van der Waals surface area (Å²) in [6, 6.07) is 0.800. The zero-order valence-electron chi connectivity index (χ0n) is 17.5. The van der Waals surface area contributed by atoms with Crippen LogP contribution in [0.1, 0.15) is 38.9 Å². The number of nitrogens with one attached hydrogen (secondary N) is 1. The predicted molar refractivity (Wildman–Crippen MR) is 121 cm³/mol. The molecule has 0 radical (unpaired) electrons. The quantitative estimate of drug-likeness (QED) is 0.374. The lowest BCUT2D eigenvalue weighted by atomic mass is 9.97. The lowest BCUT2D eigenvalue weighted by Crippen LogP contribution is -2.52. The fourth-order valence-corrected chi connectivity index (χ4v) is 4.80. The Morgan fingerprint density at radius 2 is 2.15 bits per heavy atom. The average molecular weight is 510 g/mol. The fraction of sp³-hybridized carbons (Fsp3) is 0.318. The van der Waals surface area contributed by atoms with Crippen LogP contribution < -0.4 is 10.7 Å². The third-order valence-electron chi connectivity index (χ3n) is 5.70. The molecule has 3 heterocycles. The van der Waals surface area contributed by atoms with Gasteiger partial charge < -0.3 is 24.1 Å². The molecule has 2 aliphatic rings. The molecule has 2 aromatic rings. The van der Waals surface area contributed by atoms with Crippen molar-refractivity contribution in [1.29, 1.82) is 0 Å². The highest BCUT2D eigenvalue weighted by atomic mass is 35.5. The second-order valence-electron chi connectivity index (χ2n) is 7.60. The monoisotopic (exact) mass is 509 g/mol. The van der Waals surface area contributed by atoms with Crippen LogP contribution in [0.2, 0.25) is 5.02 Å². The molecule has 2 N–H and O–H groups in total. The molecule has 0 spiro atoms. The van der Waals surface area contributed by atoms with Crippen molar-refractivity contribution in [1.82, 2.24) is 14.8 Å². The van der Waals surface area contributed by atoms with Gasteiger partial charge in [0.1, 0.15) is 28.3 Å². The minimum Gasteiger partial charge on any atom is -0.503 e. The Balaban J connectivity index is 1.72. The Kier molecular flexibility index (Phi) is 6.84. The molecule has 1 fully saturated rings. The predicted octanol–water partition coefficient (Wildman–Crippen LogP) is 2.48. The van der Waals surface area contributed by atoms with Gasteiger partial charge in [0.15, 0.2) is 11.4 Å². The number of carbonyl (C=O) groups is 2. The van der Waals surface area contributed by atoms with E-state index >= 15 is 0 Å². The van der Waals surface area contributed by atoms with Crippen molar-refractivity contribution in [3.63, 3.8) is 0 Å². The van der Waals surface area contributed by atoms with Crippen LogP contribution in [-0.4, -0.2) is 51.3 Å². The molecule has 2 aliphatic heterocycles. The van der Waals surface area contributed by atoms with Crippen LogP contribution in [0.4, 0.5) is 8.78 Å². The van der Waals surface area contributed by atoms with Gasteiger partial charge in [0.05, 0.1) is 12.6 Å². The van der Waals surface area contributed by atoms with E-state index in [-0.39, 0.29) is 24.4 Å². The first kappa shape index (κ1) is 24.1. The number of hydrogen-bond acceptors (Lipinski definition) is 6. The van der Waals surface area contributed by atoms with Crippen LogP contribution in [0.25, 0.3) is 0 Å². The van der Waals surface area contributed by atoms with E-state index in [1.165, 1.54) is 21.5 Å². The highest BCUT2D eigenvalue weighted by Gasteiger charge is 2.41. The van der Waals surface area contributed by atoms with Crippen molar-refractivity contribution in [2.45, 2.75) is 25.0 Å². The number of pyridine rings is 1. The van der Waals surface area contributed by atoms with Crippen LogP contribution in [0, 0.1) is 24.0 Å². The van der Waals surface area contributed by atoms with Crippen molar-refractivity contribution >= 4 is 35.5 Å². The Morgan fingerprint density at radius 1 is 1.38 bits per heavy atom. The molecule has 12 heteroatoms. The van der Waals surface area contributed by atoms with Gasteiger partial charge in [-0.05, 0) is 24.5 Å². The minimum atomic E-state index is -1.06. The van der Waals surface area contributed by atoms with Crippen molar-refractivity contribution in [2.24, 2.45) is 0 Å². The summed E-state index contributed by atoms with van der Waals surface area (Å²) in [6.07, 6.45) is 7.23. The lowest BCUT2D eigenvalue weighted by Gasteiger charge is -2.40. The van der Waals surface area contributed by atoms with Gasteiger partial charge in [0.25, 0.3) is 11.8 Å². The second-order valence-corrected chi connectivity index (χ2v) is 8.86. The molecule has 0 unspecified atom stereocenters. The van der Waals surface area contributed by atoms with Gasteiger partial charge in [-0.25, -0.2) is 8.78 Å². The highest BCUT2D eigenvalue weighted by Crippen LogP contribution is 2.34. The van der Waals surface area contributed by atoms with E-state index in [0.29, 0.717) is 12.2 Å². The van der Waals surface area contributed by atoms with E-state index in [9.17, 15) is 28.3 Å². The molecule has 2 bridgehead atoms. The van der Waals surface area contributed by atoms with E-state index in [1.807, 2.05) is 0 Å². The maximum atomic E-state index is 14.2. The molecule has 8 nitrogen and oxygen atoms in total. The number of halogens is 3. The Labute approximate surface area is 202 Å². The van der Waals surface area contributed by atoms with Crippen LogP contribution in [-0.2, 0) is 10.7 Å². The molecule has 1 aromatic heterocycles. The number of aromatic hydroxyl groups is 1. The summed E-state index contributed by atoms with van der Waals surface area (Å²) in [5.41, 5.74) is -1.90. The summed E-state index contributed by atoms with van der Waals surface area (Å²) >= 11 is 6.74. The van der Waals surface area contributed by atoms with Crippen molar-refractivity contribution in [3.8, 4) is 18.1 Å². The second kappa shape index (κ2) is 9.66. The van der Waals surface area contributed by atoms with Crippen LogP contribution >= 0.6 is 23.6 Å². The summed E-state index contributed by atoms with van der Waals surface area (Å²) in [7, 11) is 0. The third-order valence-corrected chi connectivity index (χ3v) is 6.73. The molecule has 0 saturated carbocycles. The first-order valence-electron chi connectivity index (χ1n) is 10.2. The Bertz CT molecular complexity index is 1280. The van der Waals surface area contributed by atoms with Gasteiger partial charge >= 0.3 is 0 Å². The van der Waals surface area contributed by atoms with Crippen molar-refractivity contribution in [2.75, 3.05) is 18.9 Å². The average Bonchev–Trinajstić information content (AvgIpc) is 2.91.